The molecule has 4 rings (SSSR count). The minimum absolute atomic E-state index is 0.127. The van der Waals surface area contributed by atoms with Crippen molar-refractivity contribution < 1.29 is 18.7 Å². The number of carbonyl (C=O) groups is 1. The molecular formula is C30H33F2IN2O2. The van der Waals surface area contributed by atoms with Crippen LogP contribution in [-0.2, 0) is 24.2 Å². The number of amides is 1. The van der Waals surface area contributed by atoms with Crippen molar-refractivity contribution in [3.8, 4) is 0 Å². The third-order valence-electron chi connectivity index (χ3n) is 6.97. The summed E-state index contributed by atoms with van der Waals surface area (Å²) in [7, 11) is 0. The Morgan fingerprint density at radius 3 is 2.59 bits per heavy atom. The van der Waals surface area contributed by atoms with Crippen LogP contribution in [0.4, 0.5) is 8.78 Å². The molecule has 0 spiro atoms. The van der Waals surface area contributed by atoms with Crippen LogP contribution in [-0.4, -0.2) is 29.7 Å². The zero-order valence-electron chi connectivity index (χ0n) is 20.7. The number of aliphatic hydroxyl groups excluding tert-OH is 1. The molecule has 3 unspecified atom stereocenters. The molecule has 3 aromatic rings. The summed E-state index contributed by atoms with van der Waals surface area (Å²) < 4.78 is 28.7. The van der Waals surface area contributed by atoms with Gasteiger partial charge >= 0.3 is 0 Å². The minimum atomic E-state index is -0.931. The fraction of sp³-hybridized carbons (Fsp3) is 0.367. The van der Waals surface area contributed by atoms with Crippen molar-refractivity contribution >= 4 is 28.5 Å². The zero-order valence-corrected chi connectivity index (χ0v) is 22.9. The molecule has 1 aliphatic carbocycles. The van der Waals surface area contributed by atoms with E-state index in [4.69, 9.17) is 0 Å². The van der Waals surface area contributed by atoms with Crippen LogP contribution in [0.2, 0.25) is 0 Å². The maximum atomic E-state index is 13.8. The third kappa shape index (κ3) is 8.32. The smallest absolute Gasteiger partial charge is 0.220 e. The van der Waals surface area contributed by atoms with Crippen molar-refractivity contribution in [2.24, 2.45) is 0 Å². The summed E-state index contributed by atoms with van der Waals surface area (Å²) in [6.07, 6.45) is 3.41. The highest BCUT2D eigenvalue weighted by Crippen LogP contribution is 2.36. The number of nitrogens with one attached hydrogen (secondary N) is 2. The second kappa shape index (κ2) is 13.4. The van der Waals surface area contributed by atoms with Gasteiger partial charge in [-0.2, -0.15) is 0 Å². The van der Waals surface area contributed by atoms with E-state index in [1.54, 1.807) is 0 Å². The Kier molecular flexibility index (Phi) is 10.1. The number of halogens is 3. The predicted molar refractivity (Wildman–Crippen MR) is 150 cm³/mol. The molecule has 0 aromatic heterocycles. The van der Waals surface area contributed by atoms with Gasteiger partial charge < -0.3 is 15.7 Å². The monoisotopic (exact) mass is 618 g/mol. The quantitative estimate of drug-likeness (QED) is 0.230. The molecule has 0 radical (unpaired) electrons. The Labute approximate surface area is 231 Å². The number of hydrogen-bond acceptors (Lipinski definition) is 3. The number of fused-ring (bicyclic) bond motifs is 1. The van der Waals surface area contributed by atoms with Crippen molar-refractivity contribution in [2.45, 2.75) is 63.1 Å². The first-order chi connectivity index (χ1) is 17.9. The minimum Gasteiger partial charge on any atom is -0.390 e. The Hall–Kier alpha value is -2.36. The van der Waals surface area contributed by atoms with E-state index in [-0.39, 0.29) is 18.9 Å². The molecule has 37 heavy (non-hydrogen) atoms. The predicted octanol–water partition coefficient (Wildman–Crippen LogP) is 5.65. The fourth-order valence-corrected chi connectivity index (χ4v) is 5.76. The molecule has 3 atom stereocenters. The third-order valence-corrected chi connectivity index (χ3v) is 7.64. The maximum Gasteiger partial charge on any atom is 0.220 e. The van der Waals surface area contributed by atoms with Gasteiger partial charge in [-0.15, -0.1) is 0 Å². The zero-order chi connectivity index (χ0) is 26.2. The Morgan fingerprint density at radius 1 is 1.03 bits per heavy atom. The fourth-order valence-electron chi connectivity index (χ4n) is 5.15. The van der Waals surface area contributed by atoms with Crippen molar-refractivity contribution in [3.63, 3.8) is 0 Å². The van der Waals surface area contributed by atoms with Gasteiger partial charge in [0.2, 0.25) is 5.91 Å². The normalized spacial score (nSPS) is 16.3. The number of rotatable bonds is 12. The second-order valence-electron chi connectivity index (χ2n) is 9.81. The summed E-state index contributed by atoms with van der Waals surface area (Å²) in [5.74, 6) is -1.04. The van der Waals surface area contributed by atoms with Gasteiger partial charge in [-0.25, -0.2) is 8.78 Å². The average molecular weight is 619 g/mol. The van der Waals surface area contributed by atoms with Gasteiger partial charge in [0.15, 0.2) is 0 Å². The van der Waals surface area contributed by atoms with Gasteiger partial charge in [-0.1, -0.05) is 36.4 Å². The van der Waals surface area contributed by atoms with Crippen molar-refractivity contribution in [1.82, 2.24) is 10.6 Å². The molecular weight excluding hydrogens is 585 g/mol. The van der Waals surface area contributed by atoms with E-state index in [1.807, 2.05) is 18.2 Å². The van der Waals surface area contributed by atoms with Crippen LogP contribution in [0.25, 0.3) is 0 Å². The molecule has 0 bridgehead atoms. The largest absolute Gasteiger partial charge is 0.390 e. The molecule has 0 saturated heterocycles. The highest BCUT2D eigenvalue weighted by atomic mass is 127. The van der Waals surface area contributed by atoms with E-state index in [0.717, 1.165) is 40.9 Å². The molecule has 1 amide bonds. The van der Waals surface area contributed by atoms with Crippen LogP contribution >= 0.6 is 22.6 Å². The molecule has 3 N–H and O–H groups in total. The van der Waals surface area contributed by atoms with Gasteiger partial charge in [0, 0.05) is 29.1 Å². The summed E-state index contributed by atoms with van der Waals surface area (Å²) in [5, 5.41) is 17.1. The molecule has 196 valence electrons. The number of aryl methyl sites for hydroxylation is 1. The number of aliphatic hydroxyl groups is 1. The van der Waals surface area contributed by atoms with E-state index < -0.39 is 23.8 Å². The number of benzene rings is 3. The van der Waals surface area contributed by atoms with Crippen molar-refractivity contribution in [3.05, 3.63) is 104 Å². The van der Waals surface area contributed by atoms with Gasteiger partial charge in [0.1, 0.15) is 11.6 Å². The number of hydrogen-bond donors (Lipinski definition) is 3. The topological polar surface area (TPSA) is 61.4 Å². The molecule has 0 aliphatic heterocycles. The summed E-state index contributed by atoms with van der Waals surface area (Å²) in [6.45, 7) is 0.791. The maximum absolute atomic E-state index is 13.8. The number of carbonyl (C=O) groups excluding carboxylic acids is 1. The van der Waals surface area contributed by atoms with E-state index in [9.17, 15) is 18.7 Å². The Morgan fingerprint density at radius 2 is 1.81 bits per heavy atom. The van der Waals surface area contributed by atoms with E-state index in [0.29, 0.717) is 24.4 Å². The van der Waals surface area contributed by atoms with Gasteiger partial charge in [0.05, 0.1) is 12.1 Å². The molecule has 0 heterocycles. The van der Waals surface area contributed by atoms with Crippen LogP contribution in [0.5, 0.6) is 0 Å². The van der Waals surface area contributed by atoms with Crippen molar-refractivity contribution in [1.29, 1.82) is 0 Å². The summed E-state index contributed by atoms with van der Waals surface area (Å²) >= 11 is 2.25. The Balaban J connectivity index is 1.33. The van der Waals surface area contributed by atoms with Gasteiger partial charge in [0.25, 0.3) is 0 Å². The molecule has 0 fully saturated rings. The highest BCUT2D eigenvalue weighted by Gasteiger charge is 2.24. The molecule has 1 aliphatic rings. The first-order valence-electron chi connectivity index (χ1n) is 12.8. The van der Waals surface area contributed by atoms with Crippen LogP contribution in [0, 0.1) is 15.2 Å². The van der Waals surface area contributed by atoms with Crippen LogP contribution < -0.4 is 10.6 Å². The summed E-state index contributed by atoms with van der Waals surface area (Å²) in [6, 6.07) is 19.2. The lowest BCUT2D eigenvalue weighted by molar-refractivity contribution is -0.122. The summed E-state index contributed by atoms with van der Waals surface area (Å²) in [4.78, 5) is 12.8. The summed E-state index contributed by atoms with van der Waals surface area (Å²) in [5.41, 5.74) is 4.27. The lowest BCUT2D eigenvalue weighted by Crippen LogP contribution is -2.48. The van der Waals surface area contributed by atoms with Crippen LogP contribution in [0.3, 0.4) is 0 Å². The standard InChI is InChI=1S/C30H33F2IN2O2/c31-24-13-21(14-25(32)17-24)16-28(29(36)19-34-18-20-5-3-8-26(33)15-20)35-30(37)10-4-7-23-12-11-22-6-1-2-9-27(22)23/h1-3,5-6,8-9,13-15,17,23,28-29,34,36H,4,7,10-12,16,18-19H2,(H,35,37). The first kappa shape index (κ1) is 27.7. The van der Waals surface area contributed by atoms with Crippen LogP contribution in [0.15, 0.2) is 66.7 Å². The highest BCUT2D eigenvalue weighted by molar-refractivity contribution is 14.1. The van der Waals surface area contributed by atoms with Gasteiger partial charge in [-0.05, 0) is 107 Å². The van der Waals surface area contributed by atoms with E-state index >= 15 is 0 Å². The lowest BCUT2D eigenvalue weighted by atomic mass is 9.95. The lowest BCUT2D eigenvalue weighted by Gasteiger charge is -2.25. The van der Waals surface area contributed by atoms with Crippen molar-refractivity contribution in [2.75, 3.05) is 6.54 Å². The molecule has 4 nitrogen and oxygen atoms in total. The van der Waals surface area contributed by atoms with E-state index in [2.05, 4.69) is 63.6 Å². The molecule has 0 saturated carbocycles. The molecule has 3 aromatic carbocycles. The Bertz CT molecular complexity index is 1190. The second-order valence-corrected chi connectivity index (χ2v) is 11.1. The first-order valence-corrected chi connectivity index (χ1v) is 13.9. The van der Waals surface area contributed by atoms with Crippen LogP contribution in [0.1, 0.15) is 53.9 Å². The SMILES string of the molecule is O=C(CCCC1CCc2ccccc21)NC(Cc1cc(F)cc(F)c1)C(O)CNCc1cccc(I)c1. The van der Waals surface area contributed by atoms with Gasteiger partial charge in [-0.3, -0.25) is 4.79 Å². The average Bonchev–Trinajstić information content (AvgIpc) is 3.26. The molecule has 7 heteroatoms. The van der Waals surface area contributed by atoms with E-state index in [1.165, 1.54) is 23.3 Å².